The van der Waals surface area contributed by atoms with E-state index in [9.17, 15) is 4.79 Å². The van der Waals surface area contributed by atoms with Gasteiger partial charge in [-0.1, -0.05) is 0 Å². The zero-order valence-electron chi connectivity index (χ0n) is 9.83. The molecule has 0 unspecified atom stereocenters. The predicted octanol–water partition coefficient (Wildman–Crippen LogP) is 2.41. The molecule has 0 saturated carbocycles. The average molecular weight is 267 g/mol. The molecule has 1 aromatic rings. The summed E-state index contributed by atoms with van der Waals surface area (Å²) in [6, 6.07) is 7.85. The predicted molar refractivity (Wildman–Crippen MR) is 65.4 cm³/mol. The fourth-order valence-electron chi connectivity index (χ4n) is 1.32. The Morgan fingerprint density at radius 1 is 1.20 bits per heavy atom. The molecule has 0 aromatic heterocycles. The molecule has 0 spiro atoms. The van der Waals surface area contributed by atoms with E-state index in [1.54, 1.807) is 0 Å². The van der Waals surface area contributed by atoms with Crippen LogP contribution in [-0.2, 0) is 4.74 Å². The maximum atomic E-state index is 11.4. The maximum absolute atomic E-state index is 11.4. The van der Waals surface area contributed by atoms with Gasteiger partial charge in [0.05, 0.1) is 0 Å². The van der Waals surface area contributed by atoms with Crippen molar-refractivity contribution in [3.63, 3.8) is 0 Å². The molecule has 0 N–H and O–H groups in total. The van der Waals surface area contributed by atoms with Crippen molar-refractivity contribution < 1.29 is 9.53 Å². The second-order valence-electron chi connectivity index (χ2n) is 4.55. The molecular formula is C12H18GeO2. The summed E-state index contributed by atoms with van der Waals surface area (Å²) in [6.45, 7) is 2.24. The molecule has 1 rings (SSSR count). The number of rotatable bonds is 3. The molecule has 0 saturated heterocycles. The molecule has 0 fully saturated rings. The van der Waals surface area contributed by atoms with Crippen LogP contribution in [0.15, 0.2) is 24.3 Å². The number of carbonyl (C=O) groups is 1. The number of ether oxygens (including phenoxy) is 1. The van der Waals surface area contributed by atoms with Crippen LogP contribution in [0.5, 0.6) is 0 Å². The number of benzene rings is 1. The van der Waals surface area contributed by atoms with E-state index in [0.717, 1.165) is 0 Å². The Balaban J connectivity index is 2.86. The first-order valence-electron chi connectivity index (χ1n) is 5.23. The Labute approximate surface area is 94.0 Å². The van der Waals surface area contributed by atoms with Gasteiger partial charge in [0.25, 0.3) is 0 Å². The van der Waals surface area contributed by atoms with Crippen LogP contribution in [-0.4, -0.2) is 25.8 Å². The molecule has 0 aliphatic carbocycles. The van der Waals surface area contributed by atoms with Gasteiger partial charge in [-0.15, -0.1) is 0 Å². The third-order valence-electron chi connectivity index (χ3n) is 2.26. The summed E-state index contributed by atoms with van der Waals surface area (Å²) in [6.07, 6.45) is 0. The Morgan fingerprint density at radius 2 is 1.73 bits per heavy atom. The van der Waals surface area contributed by atoms with Gasteiger partial charge in [0, 0.05) is 0 Å². The fourth-order valence-corrected chi connectivity index (χ4v) is 3.77. The van der Waals surface area contributed by atoms with E-state index in [1.807, 2.05) is 19.1 Å². The molecule has 1 aromatic carbocycles. The van der Waals surface area contributed by atoms with Gasteiger partial charge in [-0.05, 0) is 0 Å². The van der Waals surface area contributed by atoms with E-state index in [0.29, 0.717) is 12.2 Å². The first kappa shape index (κ1) is 12.3. The third-order valence-corrected chi connectivity index (χ3v) is 6.60. The molecule has 0 radical (unpaired) electrons. The summed E-state index contributed by atoms with van der Waals surface area (Å²) in [5.41, 5.74) is 0.646. The first-order chi connectivity index (χ1) is 6.95. The van der Waals surface area contributed by atoms with Crippen LogP contribution >= 0.6 is 0 Å². The van der Waals surface area contributed by atoms with Crippen LogP contribution in [0, 0.1) is 0 Å². The molecule has 0 aliphatic rings. The van der Waals surface area contributed by atoms with Gasteiger partial charge in [0.2, 0.25) is 0 Å². The summed E-state index contributed by atoms with van der Waals surface area (Å²) >= 11 is -1.74. The van der Waals surface area contributed by atoms with Gasteiger partial charge < -0.3 is 0 Å². The van der Waals surface area contributed by atoms with Gasteiger partial charge in [-0.25, -0.2) is 0 Å². The summed E-state index contributed by atoms with van der Waals surface area (Å²) in [5, 5.41) is 0. The molecule has 0 heterocycles. The summed E-state index contributed by atoms with van der Waals surface area (Å²) < 4.78 is 6.34. The van der Waals surface area contributed by atoms with Crippen molar-refractivity contribution in [3.8, 4) is 0 Å². The molecule has 0 atom stereocenters. The molecule has 0 aliphatic heterocycles. The Kier molecular flexibility index (Phi) is 3.97. The topological polar surface area (TPSA) is 26.3 Å². The van der Waals surface area contributed by atoms with Crippen molar-refractivity contribution in [2.24, 2.45) is 0 Å². The van der Waals surface area contributed by atoms with E-state index in [4.69, 9.17) is 4.74 Å². The molecule has 0 bridgehead atoms. The van der Waals surface area contributed by atoms with Crippen LogP contribution < -0.4 is 4.40 Å². The van der Waals surface area contributed by atoms with Crippen LogP contribution in [0.3, 0.4) is 0 Å². The van der Waals surface area contributed by atoms with Crippen molar-refractivity contribution in [2.75, 3.05) is 6.61 Å². The second kappa shape index (κ2) is 4.84. The minimum absolute atomic E-state index is 0.231. The van der Waals surface area contributed by atoms with Gasteiger partial charge in [0.15, 0.2) is 0 Å². The first-order valence-corrected chi connectivity index (χ1v) is 12.6. The number of hydrogen-bond donors (Lipinski definition) is 0. The molecular weight excluding hydrogens is 249 g/mol. The van der Waals surface area contributed by atoms with Crippen molar-refractivity contribution in [2.45, 2.75) is 24.2 Å². The average Bonchev–Trinajstić information content (AvgIpc) is 2.17. The summed E-state index contributed by atoms with van der Waals surface area (Å²) in [5.74, 6) is 6.77. The Bertz CT molecular complexity index is 336. The van der Waals surface area contributed by atoms with Crippen LogP contribution in [0.1, 0.15) is 17.3 Å². The molecule has 82 valence electrons. The molecule has 3 heteroatoms. The van der Waals surface area contributed by atoms with E-state index >= 15 is 0 Å². The number of esters is 1. The molecule has 0 amide bonds. The number of hydrogen-bond acceptors (Lipinski definition) is 2. The zero-order chi connectivity index (χ0) is 11.5. The van der Waals surface area contributed by atoms with E-state index in [-0.39, 0.29) is 5.97 Å². The van der Waals surface area contributed by atoms with Crippen molar-refractivity contribution in [1.82, 2.24) is 0 Å². The van der Waals surface area contributed by atoms with Crippen molar-refractivity contribution in [1.29, 1.82) is 0 Å². The van der Waals surface area contributed by atoms with E-state index < -0.39 is 13.3 Å². The quantitative estimate of drug-likeness (QED) is 0.620. The van der Waals surface area contributed by atoms with Crippen LogP contribution in [0.4, 0.5) is 0 Å². The van der Waals surface area contributed by atoms with Gasteiger partial charge in [-0.2, -0.15) is 0 Å². The Morgan fingerprint density at radius 3 is 2.13 bits per heavy atom. The van der Waals surface area contributed by atoms with Crippen LogP contribution in [0.25, 0.3) is 0 Å². The molecule has 15 heavy (non-hydrogen) atoms. The second-order valence-corrected chi connectivity index (χ2v) is 15.2. The minimum atomic E-state index is -1.74. The standard InChI is InChI=1S/C12H18GeO2/c1-5-15-12(14)10-6-8-11(9-7-10)13(2,3)4/h6-9H,5H2,1-4H3. The Hall–Kier alpha value is -0.767. The molecule has 2 nitrogen and oxygen atoms in total. The zero-order valence-corrected chi connectivity index (χ0v) is 11.9. The van der Waals surface area contributed by atoms with Crippen LogP contribution in [0.2, 0.25) is 17.3 Å². The normalized spacial score (nSPS) is 11.2. The summed E-state index contributed by atoms with van der Waals surface area (Å²) in [7, 11) is 0. The van der Waals surface area contributed by atoms with Gasteiger partial charge in [-0.3, -0.25) is 0 Å². The summed E-state index contributed by atoms with van der Waals surface area (Å²) in [4.78, 5) is 11.4. The van der Waals surface area contributed by atoms with Gasteiger partial charge in [0.1, 0.15) is 0 Å². The van der Waals surface area contributed by atoms with Crippen molar-refractivity contribution >= 4 is 23.6 Å². The van der Waals surface area contributed by atoms with E-state index in [1.165, 1.54) is 4.40 Å². The fraction of sp³-hybridized carbons (Fsp3) is 0.417. The van der Waals surface area contributed by atoms with Gasteiger partial charge >= 0.3 is 93.8 Å². The monoisotopic (exact) mass is 268 g/mol. The SMILES string of the molecule is CCOC(=O)c1cc[c]([Ge]([CH3])([CH3])[CH3])cc1. The van der Waals surface area contributed by atoms with E-state index in [2.05, 4.69) is 29.4 Å². The van der Waals surface area contributed by atoms with Crippen molar-refractivity contribution in [3.05, 3.63) is 29.8 Å². The third kappa shape index (κ3) is 3.38. The number of carbonyl (C=O) groups excluding carboxylic acids is 1.